The highest BCUT2D eigenvalue weighted by Gasteiger charge is 2.25. The van der Waals surface area contributed by atoms with Crippen LogP contribution in [0.15, 0.2) is 24.3 Å². The van der Waals surface area contributed by atoms with E-state index in [1.54, 1.807) is 4.90 Å². The Morgan fingerprint density at radius 1 is 1.29 bits per heavy atom. The summed E-state index contributed by atoms with van der Waals surface area (Å²) in [5.41, 5.74) is 0.752. The van der Waals surface area contributed by atoms with Crippen LogP contribution in [0.1, 0.15) is 32.1 Å². The highest BCUT2D eigenvalue weighted by atomic mass is 16.5. The van der Waals surface area contributed by atoms with Crippen molar-refractivity contribution in [1.29, 1.82) is 0 Å². The number of hydrogen-bond donors (Lipinski definition) is 1. The van der Waals surface area contributed by atoms with Crippen molar-refractivity contribution in [1.82, 2.24) is 5.32 Å². The predicted molar refractivity (Wildman–Crippen MR) is 79.3 cm³/mol. The second-order valence-corrected chi connectivity index (χ2v) is 5.60. The fraction of sp³-hybridized carbons (Fsp3) is 0.500. The number of benzene rings is 1. The molecule has 1 aromatic carbocycles. The fourth-order valence-corrected chi connectivity index (χ4v) is 2.98. The summed E-state index contributed by atoms with van der Waals surface area (Å²) < 4.78 is 5.39. The molecule has 0 bridgehead atoms. The molecule has 5 nitrogen and oxygen atoms in total. The molecule has 1 saturated carbocycles. The number of nitrogens with zero attached hydrogens (tertiary/aromatic N) is 1. The Balaban J connectivity index is 1.59. The van der Waals surface area contributed by atoms with E-state index in [0.717, 1.165) is 18.5 Å². The van der Waals surface area contributed by atoms with Crippen molar-refractivity contribution in [3.63, 3.8) is 0 Å². The third-order valence-corrected chi connectivity index (χ3v) is 4.09. The van der Waals surface area contributed by atoms with E-state index in [9.17, 15) is 9.59 Å². The standard InChI is InChI=1S/C16H20N2O3/c19-15(17-12-5-1-2-6-12)9-10-18-13-7-3-4-8-14(13)21-11-16(18)20/h3-4,7-8,12H,1-2,5-6,9-11H2,(H,17,19). The number of anilines is 1. The van der Waals surface area contributed by atoms with Gasteiger partial charge in [-0.05, 0) is 25.0 Å². The van der Waals surface area contributed by atoms with Crippen LogP contribution >= 0.6 is 0 Å². The van der Waals surface area contributed by atoms with Gasteiger partial charge in [-0.2, -0.15) is 0 Å². The Morgan fingerprint density at radius 2 is 2.05 bits per heavy atom. The molecule has 1 heterocycles. The van der Waals surface area contributed by atoms with Gasteiger partial charge in [-0.3, -0.25) is 9.59 Å². The second kappa shape index (κ2) is 6.16. The molecular formula is C16H20N2O3. The molecule has 0 saturated heterocycles. The molecule has 0 atom stereocenters. The monoisotopic (exact) mass is 288 g/mol. The Morgan fingerprint density at radius 3 is 2.86 bits per heavy atom. The Hall–Kier alpha value is -2.04. The molecule has 1 aliphatic carbocycles. The third-order valence-electron chi connectivity index (χ3n) is 4.09. The third kappa shape index (κ3) is 3.17. The minimum atomic E-state index is -0.0950. The van der Waals surface area contributed by atoms with Gasteiger partial charge in [0.1, 0.15) is 5.75 Å². The maximum Gasteiger partial charge on any atom is 0.265 e. The van der Waals surface area contributed by atoms with Gasteiger partial charge in [0.25, 0.3) is 5.91 Å². The first kappa shape index (κ1) is 13.9. The lowest BCUT2D eigenvalue weighted by Crippen LogP contribution is -2.42. The maximum absolute atomic E-state index is 12.0. The zero-order chi connectivity index (χ0) is 14.7. The van der Waals surface area contributed by atoms with E-state index in [2.05, 4.69) is 5.32 Å². The lowest BCUT2D eigenvalue weighted by atomic mass is 10.2. The number of hydrogen-bond acceptors (Lipinski definition) is 3. The van der Waals surface area contributed by atoms with Crippen molar-refractivity contribution < 1.29 is 14.3 Å². The zero-order valence-corrected chi connectivity index (χ0v) is 12.0. The van der Waals surface area contributed by atoms with E-state index in [1.165, 1.54) is 12.8 Å². The van der Waals surface area contributed by atoms with Crippen LogP contribution in [0, 0.1) is 0 Å². The SMILES string of the molecule is O=C(CCN1C(=O)COc2ccccc21)NC1CCCC1. The van der Waals surface area contributed by atoms with E-state index in [-0.39, 0.29) is 18.4 Å². The second-order valence-electron chi connectivity index (χ2n) is 5.60. The van der Waals surface area contributed by atoms with Gasteiger partial charge in [0.05, 0.1) is 5.69 Å². The molecule has 1 aliphatic heterocycles. The van der Waals surface area contributed by atoms with Crippen LogP contribution in [-0.2, 0) is 9.59 Å². The van der Waals surface area contributed by atoms with Crippen LogP contribution < -0.4 is 15.0 Å². The minimum absolute atomic E-state index is 0.0265. The van der Waals surface area contributed by atoms with Gasteiger partial charge >= 0.3 is 0 Å². The molecule has 0 radical (unpaired) electrons. The van der Waals surface area contributed by atoms with Crippen LogP contribution in [0.2, 0.25) is 0 Å². The topological polar surface area (TPSA) is 58.6 Å². The van der Waals surface area contributed by atoms with Crippen molar-refractivity contribution in [2.24, 2.45) is 0 Å². The van der Waals surface area contributed by atoms with E-state index in [4.69, 9.17) is 4.74 Å². The van der Waals surface area contributed by atoms with Crippen LogP contribution in [0.5, 0.6) is 5.75 Å². The van der Waals surface area contributed by atoms with Gasteiger partial charge in [-0.15, -0.1) is 0 Å². The molecule has 21 heavy (non-hydrogen) atoms. The summed E-state index contributed by atoms with van der Waals surface area (Å²) in [5.74, 6) is 0.634. The molecule has 1 aromatic rings. The first-order valence-corrected chi connectivity index (χ1v) is 7.55. The van der Waals surface area contributed by atoms with Gasteiger partial charge in [-0.25, -0.2) is 0 Å². The summed E-state index contributed by atoms with van der Waals surface area (Å²) >= 11 is 0. The van der Waals surface area contributed by atoms with Gasteiger partial charge in [0.2, 0.25) is 5.91 Å². The molecule has 0 aromatic heterocycles. The van der Waals surface area contributed by atoms with Crippen molar-refractivity contribution in [2.45, 2.75) is 38.1 Å². The van der Waals surface area contributed by atoms with Gasteiger partial charge < -0.3 is 15.0 Å². The lowest BCUT2D eigenvalue weighted by molar-refractivity contribution is -0.122. The van der Waals surface area contributed by atoms with Crippen LogP contribution in [0.3, 0.4) is 0 Å². The van der Waals surface area contributed by atoms with Gasteiger partial charge in [0, 0.05) is 19.0 Å². The molecular weight excluding hydrogens is 268 g/mol. The molecule has 3 rings (SSSR count). The molecule has 0 unspecified atom stereocenters. The highest BCUT2D eigenvalue weighted by Crippen LogP contribution is 2.31. The van der Waals surface area contributed by atoms with Crippen LogP contribution in [-0.4, -0.2) is 31.0 Å². The molecule has 2 amide bonds. The Bertz CT molecular complexity index is 538. The van der Waals surface area contributed by atoms with Crippen molar-refractivity contribution >= 4 is 17.5 Å². The van der Waals surface area contributed by atoms with Crippen molar-refractivity contribution in [3.8, 4) is 5.75 Å². The number of carbonyl (C=O) groups is 2. The largest absolute Gasteiger partial charge is 0.482 e. The summed E-state index contributed by atoms with van der Waals surface area (Å²) in [7, 11) is 0. The number of nitrogens with one attached hydrogen (secondary N) is 1. The number of fused-ring (bicyclic) bond motifs is 1. The predicted octanol–water partition coefficient (Wildman–Crippen LogP) is 1.86. The average molecular weight is 288 g/mol. The van der Waals surface area contributed by atoms with E-state index in [0.29, 0.717) is 24.8 Å². The summed E-state index contributed by atoms with van der Waals surface area (Å²) in [6, 6.07) is 7.76. The van der Waals surface area contributed by atoms with E-state index < -0.39 is 0 Å². The fourth-order valence-electron chi connectivity index (χ4n) is 2.98. The molecule has 112 valence electrons. The molecule has 5 heteroatoms. The Kier molecular flexibility index (Phi) is 4.08. The summed E-state index contributed by atoms with van der Waals surface area (Å²) in [6.45, 7) is 0.443. The minimum Gasteiger partial charge on any atom is -0.482 e. The summed E-state index contributed by atoms with van der Waals surface area (Å²) in [5, 5.41) is 3.05. The Labute approximate surface area is 124 Å². The molecule has 1 N–H and O–H groups in total. The maximum atomic E-state index is 12.0. The normalized spacial score (nSPS) is 18.3. The summed E-state index contributed by atoms with van der Waals surface area (Å²) in [4.78, 5) is 25.6. The summed E-state index contributed by atoms with van der Waals surface area (Å²) in [6.07, 6.45) is 4.87. The smallest absolute Gasteiger partial charge is 0.265 e. The van der Waals surface area contributed by atoms with Crippen molar-refractivity contribution in [3.05, 3.63) is 24.3 Å². The van der Waals surface area contributed by atoms with E-state index >= 15 is 0 Å². The zero-order valence-electron chi connectivity index (χ0n) is 12.0. The number of ether oxygens (including phenoxy) is 1. The lowest BCUT2D eigenvalue weighted by Gasteiger charge is -2.29. The first-order chi connectivity index (χ1) is 10.2. The number of amides is 2. The quantitative estimate of drug-likeness (QED) is 0.920. The average Bonchev–Trinajstić information content (AvgIpc) is 2.99. The molecule has 1 fully saturated rings. The molecule has 2 aliphatic rings. The van der Waals surface area contributed by atoms with Crippen LogP contribution in [0.4, 0.5) is 5.69 Å². The van der Waals surface area contributed by atoms with Gasteiger partial charge in [0.15, 0.2) is 6.61 Å². The number of para-hydroxylation sites is 2. The van der Waals surface area contributed by atoms with Crippen LogP contribution in [0.25, 0.3) is 0 Å². The highest BCUT2D eigenvalue weighted by molar-refractivity contribution is 5.98. The van der Waals surface area contributed by atoms with Gasteiger partial charge in [-0.1, -0.05) is 25.0 Å². The number of rotatable bonds is 4. The molecule has 0 spiro atoms. The number of carbonyl (C=O) groups excluding carboxylic acids is 2. The van der Waals surface area contributed by atoms with Crippen molar-refractivity contribution in [2.75, 3.05) is 18.1 Å². The first-order valence-electron chi connectivity index (χ1n) is 7.55. The van der Waals surface area contributed by atoms with E-state index in [1.807, 2.05) is 24.3 Å².